The van der Waals surface area contributed by atoms with Gasteiger partial charge in [-0.05, 0) is 12.1 Å². The number of nitrogens with zero attached hydrogens (tertiary/aromatic N) is 2. The van der Waals surface area contributed by atoms with Crippen molar-refractivity contribution in [3.05, 3.63) is 52.4 Å². The number of benzene rings is 2. The Balaban J connectivity index is 2.56. The van der Waals surface area contributed by atoms with Gasteiger partial charge in [-0.3, -0.25) is 4.79 Å². The SMILES string of the molecule is O=Cc1ccc2c(c1)[n+]([O-])c1ccc(O)cc1[n+]2[O-]. The topological polar surface area (TPSA) is 91.2 Å². The molecule has 0 spiro atoms. The van der Waals surface area contributed by atoms with Gasteiger partial charge in [-0.25, -0.2) is 0 Å². The summed E-state index contributed by atoms with van der Waals surface area (Å²) >= 11 is 0. The van der Waals surface area contributed by atoms with Gasteiger partial charge in [-0.15, -0.1) is 0 Å². The summed E-state index contributed by atoms with van der Waals surface area (Å²) in [6.07, 6.45) is 0.607. The van der Waals surface area contributed by atoms with Crippen molar-refractivity contribution in [2.45, 2.75) is 0 Å². The van der Waals surface area contributed by atoms with Crippen LogP contribution in [0.4, 0.5) is 0 Å². The molecule has 0 aliphatic rings. The van der Waals surface area contributed by atoms with Crippen molar-refractivity contribution < 1.29 is 19.4 Å². The zero-order valence-corrected chi connectivity index (χ0v) is 9.61. The summed E-state index contributed by atoms with van der Waals surface area (Å²) in [5.74, 6) is -0.0963. The van der Waals surface area contributed by atoms with E-state index < -0.39 is 0 Å². The van der Waals surface area contributed by atoms with Crippen molar-refractivity contribution in [1.82, 2.24) is 0 Å². The Morgan fingerprint density at radius 1 is 0.895 bits per heavy atom. The van der Waals surface area contributed by atoms with Gasteiger partial charge in [-0.1, -0.05) is 0 Å². The Morgan fingerprint density at radius 3 is 2.11 bits per heavy atom. The average molecular weight is 256 g/mol. The van der Waals surface area contributed by atoms with Crippen LogP contribution >= 0.6 is 0 Å². The van der Waals surface area contributed by atoms with Crippen LogP contribution in [-0.2, 0) is 0 Å². The minimum absolute atomic E-state index is 0.0707. The molecule has 0 saturated carbocycles. The van der Waals surface area contributed by atoms with Gasteiger partial charge in [0, 0.05) is 23.8 Å². The minimum atomic E-state index is -0.0963. The average Bonchev–Trinajstić information content (AvgIpc) is 2.44. The lowest BCUT2D eigenvalue weighted by Crippen LogP contribution is -2.39. The molecule has 0 bridgehead atoms. The van der Waals surface area contributed by atoms with Crippen LogP contribution in [0.3, 0.4) is 0 Å². The highest BCUT2D eigenvalue weighted by molar-refractivity contribution is 5.84. The monoisotopic (exact) mass is 256 g/mol. The van der Waals surface area contributed by atoms with Crippen molar-refractivity contribution in [2.75, 3.05) is 0 Å². The number of aromatic nitrogens is 2. The van der Waals surface area contributed by atoms with Crippen LogP contribution in [0.2, 0.25) is 0 Å². The van der Waals surface area contributed by atoms with E-state index in [2.05, 4.69) is 0 Å². The number of phenols is 1. The Morgan fingerprint density at radius 2 is 1.47 bits per heavy atom. The molecule has 0 unspecified atom stereocenters. The molecule has 3 rings (SSSR count). The Hall–Kier alpha value is -2.89. The Labute approximate surface area is 106 Å². The second-order valence-corrected chi connectivity index (χ2v) is 4.13. The summed E-state index contributed by atoms with van der Waals surface area (Å²) in [4.78, 5) is 10.7. The lowest BCUT2D eigenvalue weighted by Gasteiger charge is -2.07. The van der Waals surface area contributed by atoms with Gasteiger partial charge in [0.15, 0.2) is 0 Å². The maximum Gasteiger partial charge on any atom is 0.294 e. The van der Waals surface area contributed by atoms with Crippen molar-refractivity contribution in [1.29, 1.82) is 0 Å². The van der Waals surface area contributed by atoms with Crippen LogP contribution in [0.1, 0.15) is 10.4 Å². The number of carbonyl (C=O) groups is 1. The summed E-state index contributed by atoms with van der Waals surface area (Å²) in [6, 6.07) is 8.13. The Bertz CT molecular complexity index is 830. The van der Waals surface area contributed by atoms with E-state index in [9.17, 15) is 20.3 Å². The maximum absolute atomic E-state index is 12.2. The first-order chi connectivity index (χ1) is 9.11. The van der Waals surface area contributed by atoms with E-state index in [1.807, 2.05) is 0 Å². The van der Waals surface area contributed by atoms with E-state index in [-0.39, 0.29) is 27.8 Å². The summed E-state index contributed by atoms with van der Waals surface area (Å²) in [7, 11) is 0. The third-order valence-electron chi connectivity index (χ3n) is 2.97. The van der Waals surface area contributed by atoms with E-state index in [4.69, 9.17) is 0 Å². The third-order valence-corrected chi connectivity index (χ3v) is 2.97. The van der Waals surface area contributed by atoms with Crippen LogP contribution in [0.15, 0.2) is 36.4 Å². The number of rotatable bonds is 1. The molecule has 1 heterocycles. The third kappa shape index (κ3) is 1.54. The molecule has 0 atom stereocenters. The highest BCUT2D eigenvalue weighted by Crippen LogP contribution is 2.17. The molecule has 0 fully saturated rings. The molecule has 3 aromatic rings. The number of fused-ring (bicyclic) bond motifs is 2. The molecule has 6 heteroatoms. The fraction of sp³-hybridized carbons (Fsp3) is 0. The van der Waals surface area contributed by atoms with E-state index in [1.165, 1.54) is 36.4 Å². The number of hydrogen-bond donors (Lipinski definition) is 1. The predicted molar refractivity (Wildman–Crippen MR) is 66.4 cm³/mol. The fourth-order valence-corrected chi connectivity index (χ4v) is 2.05. The number of aldehydes is 1. The molecule has 1 N–H and O–H groups in total. The highest BCUT2D eigenvalue weighted by Gasteiger charge is 2.21. The molecule has 0 aliphatic carbocycles. The summed E-state index contributed by atoms with van der Waals surface area (Å²) in [5, 5.41) is 33.7. The maximum atomic E-state index is 12.2. The quantitative estimate of drug-likeness (QED) is 0.301. The summed E-state index contributed by atoms with van der Waals surface area (Å²) in [5.41, 5.74) is 0.761. The lowest BCUT2D eigenvalue weighted by molar-refractivity contribution is -0.591. The van der Waals surface area contributed by atoms with Crippen LogP contribution < -0.4 is 9.46 Å². The number of aromatic hydroxyl groups is 1. The first kappa shape index (κ1) is 11.2. The molecular formula is C13H8N2O4. The smallest absolute Gasteiger partial charge is 0.294 e. The lowest BCUT2D eigenvalue weighted by atomic mass is 10.2. The van der Waals surface area contributed by atoms with Gasteiger partial charge < -0.3 is 15.5 Å². The van der Waals surface area contributed by atoms with Crippen LogP contribution in [0.25, 0.3) is 22.1 Å². The van der Waals surface area contributed by atoms with Crippen LogP contribution in [0.5, 0.6) is 5.75 Å². The predicted octanol–water partition coefficient (Wildman–Crippen LogP) is 0.778. The number of phenolic OH excluding ortho intramolecular Hbond substituents is 1. The molecule has 0 radical (unpaired) electrons. The van der Waals surface area contributed by atoms with E-state index in [0.29, 0.717) is 21.3 Å². The zero-order valence-electron chi connectivity index (χ0n) is 9.61. The normalized spacial score (nSPS) is 10.9. The fourth-order valence-electron chi connectivity index (χ4n) is 2.05. The molecule has 0 saturated heterocycles. The first-order valence-corrected chi connectivity index (χ1v) is 5.48. The van der Waals surface area contributed by atoms with Crippen molar-refractivity contribution in [2.24, 2.45) is 0 Å². The first-order valence-electron chi connectivity index (χ1n) is 5.48. The molecular weight excluding hydrogens is 248 g/mol. The van der Waals surface area contributed by atoms with Crippen molar-refractivity contribution >= 4 is 28.4 Å². The zero-order chi connectivity index (χ0) is 13.6. The van der Waals surface area contributed by atoms with Gasteiger partial charge in [0.05, 0.1) is 6.07 Å². The van der Waals surface area contributed by atoms with Gasteiger partial charge in [0.2, 0.25) is 0 Å². The minimum Gasteiger partial charge on any atom is -0.617 e. The largest absolute Gasteiger partial charge is 0.617 e. The van der Waals surface area contributed by atoms with Crippen molar-refractivity contribution in [3.8, 4) is 5.75 Å². The molecule has 1 aromatic heterocycles. The van der Waals surface area contributed by atoms with E-state index in [0.717, 1.165) is 0 Å². The number of hydrogen-bond acceptors (Lipinski definition) is 4. The van der Waals surface area contributed by atoms with Gasteiger partial charge >= 0.3 is 0 Å². The summed E-state index contributed by atoms with van der Waals surface area (Å²) < 4.78 is 1.14. The second kappa shape index (κ2) is 3.81. The molecule has 2 aromatic carbocycles. The van der Waals surface area contributed by atoms with Gasteiger partial charge in [-0.2, -0.15) is 9.46 Å². The molecule has 6 nitrogen and oxygen atoms in total. The number of carbonyl (C=O) groups excluding carboxylic acids is 1. The van der Waals surface area contributed by atoms with E-state index >= 15 is 0 Å². The van der Waals surface area contributed by atoms with E-state index in [1.54, 1.807) is 0 Å². The molecule has 94 valence electrons. The molecule has 19 heavy (non-hydrogen) atoms. The highest BCUT2D eigenvalue weighted by atomic mass is 16.5. The van der Waals surface area contributed by atoms with Crippen LogP contribution in [0, 0.1) is 10.4 Å². The van der Waals surface area contributed by atoms with Crippen molar-refractivity contribution in [3.63, 3.8) is 0 Å². The van der Waals surface area contributed by atoms with Gasteiger partial charge in [0.25, 0.3) is 22.1 Å². The Kier molecular flexibility index (Phi) is 2.25. The molecule has 0 amide bonds. The molecule has 0 aliphatic heterocycles. The second-order valence-electron chi connectivity index (χ2n) is 4.13. The summed E-state index contributed by atoms with van der Waals surface area (Å²) in [6.45, 7) is 0. The van der Waals surface area contributed by atoms with Crippen LogP contribution in [-0.4, -0.2) is 11.4 Å². The van der Waals surface area contributed by atoms with Gasteiger partial charge in [0.1, 0.15) is 12.0 Å². The standard InChI is InChI=1S/C13H8N2O4/c16-7-8-1-3-10-12(5-8)14(18)11-4-2-9(17)6-13(11)15(10)19/h1-7,17H.